The van der Waals surface area contributed by atoms with Crippen LogP contribution >= 0.6 is 0 Å². The lowest BCUT2D eigenvalue weighted by Crippen LogP contribution is -2.37. The molecule has 2 heterocycles. The molecule has 25 heavy (non-hydrogen) atoms. The zero-order valence-electron chi connectivity index (χ0n) is 14.4. The van der Waals surface area contributed by atoms with Crippen molar-refractivity contribution in [3.63, 3.8) is 0 Å². The minimum absolute atomic E-state index is 0.0431. The number of nitrogens with one attached hydrogen (secondary N) is 1. The van der Waals surface area contributed by atoms with Gasteiger partial charge in [-0.1, -0.05) is 12.1 Å². The Balaban J connectivity index is 1.74. The summed E-state index contributed by atoms with van der Waals surface area (Å²) in [7, 11) is 0. The van der Waals surface area contributed by atoms with Crippen LogP contribution in [0, 0.1) is 23.0 Å². The minimum atomic E-state index is -0.380. The van der Waals surface area contributed by atoms with E-state index < -0.39 is 0 Å². The van der Waals surface area contributed by atoms with Gasteiger partial charge in [0.2, 0.25) is 0 Å². The third-order valence-electron chi connectivity index (χ3n) is 4.85. The molecule has 1 aliphatic rings. The van der Waals surface area contributed by atoms with E-state index in [0.717, 1.165) is 55.8 Å². The van der Waals surface area contributed by atoms with E-state index in [1.165, 1.54) is 6.07 Å². The maximum Gasteiger partial charge on any atom is 0.295 e. The van der Waals surface area contributed by atoms with Gasteiger partial charge in [0.05, 0.1) is 11.5 Å². The predicted octanol–water partition coefficient (Wildman–Crippen LogP) is 2.57. The molecule has 0 saturated carbocycles. The Kier molecular flexibility index (Phi) is 5.45. The summed E-state index contributed by atoms with van der Waals surface area (Å²) in [4.78, 5) is 17.5. The van der Waals surface area contributed by atoms with E-state index in [1.807, 2.05) is 19.1 Å². The molecule has 2 aromatic rings. The number of hydrogen-bond acceptors (Lipinski definition) is 6. The number of hydrogen-bond donors (Lipinski definition) is 2. The highest BCUT2D eigenvalue weighted by Crippen LogP contribution is 2.30. The molecule has 7 heteroatoms. The van der Waals surface area contributed by atoms with E-state index in [4.69, 9.17) is 5.11 Å². The zero-order valence-corrected chi connectivity index (χ0v) is 14.4. The van der Waals surface area contributed by atoms with Crippen LogP contribution in [0.15, 0.2) is 24.3 Å². The first-order chi connectivity index (χ1) is 12.1. The molecule has 1 aliphatic heterocycles. The SMILES string of the molecule is Cc1cc(NCC2CCN(CCO)CC2)c2cccc([N+](=O)[O-])c2n1. The Bertz CT molecular complexity index is 757. The number of anilines is 1. The standard InChI is InChI=1S/C18H24N4O3/c1-13-11-16(15-3-2-4-17(22(24)25)18(15)20-13)19-12-14-5-7-21(8-6-14)9-10-23/h2-4,11,14,23H,5-10,12H2,1H3,(H,19,20). The molecule has 1 aromatic carbocycles. The van der Waals surface area contributed by atoms with Crippen LogP contribution in [0.1, 0.15) is 18.5 Å². The zero-order chi connectivity index (χ0) is 17.8. The van der Waals surface area contributed by atoms with E-state index >= 15 is 0 Å². The van der Waals surface area contributed by atoms with Crippen LogP contribution in [0.4, 0.5) is 11.4 Å². The summed E-state index contributed by atoms with van der Waals surface area (Å²) < 4.78 is 0. The number of rotatable bonds is 6. The van der Waals surface area contributed by atoms with Gasteiger partial charge >= 0.3 is 0 Å². The van der Waals surface area contributed by atoms with Gasteiger partial charge in [0.1, 0.15) is 0 Å². The fourth-order valence-corrected chi connectivity index (χ4v) is 3.46. The van der Waals surface area contributed by atoms with Crippen LogP contribution in [0.25, 0.3) is 10.9 Å². The maximum atomic E-state index is 11.2. The molecule has 0 bridgehead atoms. The van der Waals surface area contributed by atoms with Crippen molar-refractivity contribution in [3.05, 3.63) is 40.1 Å². The van der Waals surface area contributed by atoms with Gasteiger partial charge in [0.15, 0.2) is 5.52 Å². The fraction of sp³-hybridized carbons (Fsp3) is 0.500. The van der Waals surface area contributed by atoms with Crippen molar-refractivity contribution in [1.82, 2.24) is 9.88 Å². The molecular formula is C18H24N4O3. The molecule has 0 aliphatic carbocycles. The third kappa shape index (κ3) is 4.05. The van der Waals surface area contributed by atoms with Crippen LogP contribution in [-0.4, -0.2) is 52.7 Å². The summed E-state index contributed by atoms with van der Waals surface area (Å²) in [6, 6.07) is 7.03. The molecule has 134 valence electrons. The quantitative estimate of drug-likeness (QED) is 0.618. The molecule has 1 aromatic heterocycles. The number of likely N-dealkylation sites (tertiary alicyclic amines) is 1. The van der Waals surface area contributed by atoms with Crippen LogP contribution in [-0.2, 0) is 0 Å². The molecule has 0 spiro atoms. The average molecular weight is 344 g/mol. The van der Waals surface area contributed by atoms with E-state index in [-0.39, 0.29) is 17.2 Å². The highest BCUT2D eigenvalue weighted by atomic mass is 16.6. The van der Waals surface area contributed by atoms with Gasteiger partial charge in [0.25, 0.3) is 5.69 Å². The molecule has 0 atom stereocenters. The van der Waals surface area contributed by atoms with Crippen LogP contribution in [0.3, 0.4) is 0 Å². The number of nitrogens with zero attached hydrogens (tertiary/aromatic N) is 3. The number of non-ortho nitro benzene ring substituents is 1. The Morgan fingerprint density at radius 1 is 1.40 bits per heavy atom. The summed E-state index contributed by atoms with van der Waals surface area (Å²) in [6.07, 6.45) is 2.18. The van der Waals surface area contributed by atoms with Gasteiger partial charge in [-0.2, -0.15) is 0 Å². The highest BCUT2D eigenvalue weighted by Gasteiger charge is 2.20. The number of aliphatic hydroxyl groups excluding tert-OH is 1. The number of pyridine rings is 1. The second kappa shape index (κ2) is 7.76. The third-order valence-corrected chi connectivity index (χ3v) is 4.85. The number of aryl methyl sites for hydroxylation is 1. The largest absolute Gasteiger partial charge is 0.395 e. The number of para-hydroxylation sites is 1. The second-order valence-electron chi connectivity index (χ2n) is 6.63. The number of aliphatic hydroxyl groups is 1. The number of benzene rings is 1. The normalized spacial score (nSPS) is 16.2. The average Bonchev–Trinajstić information content (AvgIpc) is 2.60. The number of β-amino-alcohol motifs (C(OH)–C–C–N with tert-alkyl or cyclic N) is 1. The predicted molar refractivity (Wildman–Crippen MR) is 97.9 cm³/mol. The summed E-state index contributed by atoms with van der Waals surface area (Å²) in [6.45, 7) is 5.67. The van der Waals surface area contributed by atoms with Crippen molar-refractivity contribution >= 4 is 22.3 Å². The van der Waals surface area contributed by atoms with Crippen LogP contribution < -0.4 is 5.32 Å². The molecular weight excluding hydrogens is 320 g/mol. The van der Waals surface area contributed by atoms with Gasteiger partial charge in [-0.3, -0.25) is 10.1 Å². The summed E-state index contributed by atoms with van der Waals surface area (Å²) in [5, 5.41) is 24.5. The van der Waals surface area contributed by atoms with E-state index in [9.17, 15) is 10.1 Å². The number of piperidine rings is 1. The Morgan fingerprint density at radius 3 is 2.84 bits per heavy atom. The van der Waals surface area contributed by atoms with E-state index in [2.05, 4.69) is 15.2 Å². The van der Waals surface area contributed by atoms with Crippen molar-refractivity contribution in [1.29, 1.82) is 0 Å². The first kappa shape index (κ1) is 17.6. The number of aromatic nitrogens is 1. The molecule has 0 unspecified atom stereocenters. The molecule has 1 saturated heterocycles. The van der Waals surface area contributed by atoms with Crippen molar-refractivity contribution in [3.8, 4) is 0 Å². The fourth-order valence-electron chi connectivity index (χ4n) is 3.46. The van der Waals surface area contributed by atoms with Crippen LogP contribution in [0.2, 0.25) is 0 Å². The van der Waals surface area contributed by atoms with Crippen LogP contribution in [0.5, 0.6) is 0 Å². The summed E-state index contributed by atoms with van der Waals surface area (Å²) in [5.41, 5.74) is 2.15. The first-order valence-corrected chi connectivity index (χ1v) is 8.70. The van der Waals surface area contributed by atoms with Gasteiger partial charge in [0, 0.05) is 35.9 Å². The smallest absolute Gasteiger partial charge is 0.295 e. The maximum absolute atomic E-state index is 11.2. The summed E-state index contributed by atoms with van der Waals surface area (Å²) in [5.74, 6) is 0.567. The Hall–Kier alpha value is -2.25. The minimum Gasteiger partial charge on any atom is -0.395 e. The topological polar surface area (TPSA) is 91.5 Å². The van der Waals surface area contributed by atoms with E-state index in [1.54, 1.807) is 6.07 Å². The molecule has 1 fully saturated rings. The number of nitro benzene ring substituents is 1. The van der Waals surface area contributed by atoms with Crippen molar-refractivity contribution in [2.75, 3.05) is 38.1 Å². The van der Waals surface area contributed by atoms with Gasteiger partial charge in [-0.15, -0.1) is 0 Å². The Morgan fingerprint density at radius 2 is 2.16 bits per heavy atom. The Labute approximate surface area is 146 Å². The lowest BCUT2D eigenvalue weighted by atomic mass is 9.96. The molecule has 2 N–H and O–H groups in total. The molecule has 0 radical (unpaired) electrons. The summed E-state index contributed by atoms with van der Waals surface area (Å²) >= 11 is 0. The number of nitro groups is 1. The van der Waals surface area contributed by atoms with Crippen molar-refractivity contribution < 1.29 is 10.0 Å². The lowest BCUT2D eigenvalue weighted by molar-refractivity contribution is -0.383. The van der Waals surface area contributed by atoms with Crippen molar-refractivity contribution in [2.24, 2.45) is 5.92 Å². The van der Waals surface area contributed by atoms with Gasteiger partial charge in [-0.05, 0) is 44.8 Å². The van der Waals surface area contributed by atoms with Gasteiger partial charge in [-0.25, -0.2) is 4.98 Å². The molecule has 0 amide bonds. The lowest BCUT2D eigenvalue weighted by Gasteiger charge is -2.31. The second-order valence-corrected chi connectivity index (χ2v) is 6.63. The number of fused-ring (bicyclic) bond motifs is 1. The monoisotopic (exact) mass is 344 g/mol. The first-order valence-electron chi connectivity index (χ1n) is 8.70. The highest BCUT2D eigenvalue weighted by molar-refractivity contribution is 5.96. The molecule has 3 rings (SSSR count). The van der Waals surface area contributed by atoms with E-state index in [0.29, 0.717) is 11.4 Å². The molecule has 7 nitrogen and oxygen atoms in total. The van der Waals surface area contributed by atoms with Gasteiger partial charge < -0.3 is 15.3 Å². The van der Waals surface area contributed by atoms with Crippen molar-refractivity contribution in [2.45, 2.75) is 19.8 Å².